The van der Waals surface area contributed by atoms with Gasteiger partial charge < -0.3 is 14.6 Å². The smallest absolute Gasteiger partial charge is 0.341 e. The Balaban J connectivity index is 2.76. The van der Waals surface area contributed by atoms with E-state index in [-0.39, 0.29) is 18.8 Å². The highest BCUT2D eigenvalue weighted by atomic mass is 35.5. The molecule has 0 aliphatic rings. The van der Waals surface area contributed by atoms with Crippen molar-refractivity contribution in [2.75, 3.05) is 20.3 Å². The number of rotatable bonds is 5. The maximum atomic E-state index is 11.6. The molecule has 0 saturated heterocycles. The minimum Gasteiger partial charge on any atom is -0.496 e. The van der Waals surface area contributed by atoms with Crippen molar-refractivity contribution in [3.8, 4) is 5.75 Å². The van der Waals surface area contributed by atoms with Gasteiger partial charge in [0.1, 0.15) is 11.3 Å². The van der Waals surface area contributed by atoms with E-state index in [9.17, 15) is 4.79 Å². The number of benzene rings is 1. The van der Waals surface area contributed by atoms with E-state index < -0.39 is 5.97 Å². The molecule has 0 saturated carbocycles. The van der Waals surface area contributed by atoms with Gasteiger partial charge in [-0.25, -0.2) is 4.79 Å². The molecule has 0 bridgehead atoms. The zero-order chi connectivity index (χ0) is 12.0. The molecule has 0 heterocycles. The van der Waals surface area contributed by atoms with Crippen molar-refractivity contribution in [1.82, 2.24) is 0 Å². The Morgan fingerprint density at radius 2 is 2.25 bits per heavy atom. The van der Waals surface area contributed by atoms with E-state index in [1.165, 1.54) is 13.2 Å². The van der Waals surface area contributed by atoms with E-state index in [0.717, 1.165) is 0 Å². The fourth-order valence-electron chi connectivity index (χ4n) is 1.15. The van der Waals surface area contributed by atoms with E-state index >= 15 is 0 Å². The lowest BCUT2D eigenvalue weighted by Crippen LogP contribution is -2.09. The molecule has 4 nitrogen and oxygen atoms in total. The molecule has 0 aromatic heterocycles. The predicted octanol–water partition coefficient (Wildman–Crippen LogP) is 1.89. The molecule has 0 fully saturated rings. The van der Waals surface area contributed by atoms with E-state index in [0.29, 0.717) is 17.2 Å². The van der Waals surface area contributed by atoms with E-state index in [2.05, 4.69) is 0 Å². The second kappa shape index (κ2) is 6.35. The zero-order valence-corrected chi connectivity index (χ0v) is 9.66. The summed E-state index contributed by atoms with van der Waals surface area (Å²) in [5.74, 6) is -0.0915. The number of ether oxygens (including phenoxy) is 2. The molecule has 1 N–H and O–H groups in total. The fraction of sp³-hybridized carbons (Fsp3) is 0.364. The van der Waals surface area contributed by atoms with Crippen LogP contribution in [-0.4, -0.2) is 31.4 Å². The van der Waals surface area contributed by atoms with Crippen molar-refractivity contribution >= 4 is 17.6 Å². The highest BCUT2D eigenvalue weighted by Crippen LogP contribution is 2.23. The number of hydrogen-bond donors (Lipinski definition) is 1. The molecule has 16 heavy (non-hydrogen) atoms. The first-order valence-corrected chi connectivity index (χ1v) is 5.18. The third-order valence-corrected chi connectivity index (χ3v) is 2.15. The van der Waals surface area contributed by atoms with Gasteiger partial charge in [0.2, 0.25) is 0 Å². The standard InChI is InChI=1S/C11H13ClO4/c1-15-10-4-3-8(12)7-9(10)11(14)16-6-2-5-13/h3-4,7,13H,2,5-6H2,1H3. The summed E-state index contributed by atoms with van der Waals surface area (Å²) in [6.07, 6.45) is 0.411. The Bertz CT molecular complexity index is 365. The van der Waals surface area contributed by atoms with Gasteiger partial charge >= 0.3 is 5.97 Å². The Hall–Kier alpha value is -1.26. The minimum absolute atomic E-state index is 0.0139. The summed E-state index contributed by atoms with van der Waals surface area (Å²) in [6, 6.07) is 4.72. The van der Waals surface area contributed by atoms with Gasteiger partial charge in [-0.1, -0.05) is 11.6 Å². The molecule has 1 aromatic carbocycles. The molecule has 1 rings (SSSR count). The van der Waals surface area contributed by atoms with Gasteiger partial charge in [-0.05, 0) is 18.2 Å². The lowest BCUT2D eigenvalue weighted by Gasteiger charge is -2.08. The Morgan fingerprint density at radius 3 is 2.88 bits per heavy atom. The summed E-state index contributed by atoms with van der Waals surface area (Å²) < 4.78 is 9.95. The molecule has 1 aromatic rings. The predicted molar refractivity (Wildman–Crippen MR) is 60.0 cm³/mol. The molecular formula is C11H13ClO4. The van der Waals surface area contributed by atoms with Crippen LogP contribution in [0.4, 0.5) is 0 Å². The van der Waals surface area contributed by atoms with Crippen LogP contribution >= 0.6 is 11.6 Å². The first-order chi connectivity index (χ1) is 7.69. The van der Waals surface area contributed by atoms with E-state index in [1.807, 2.05) is 0 Å². The quantitative estimate of drug-likeness (QED) is 0.635. The lowest BCUT2D eigenvalue weighted by molar-refractivity contribution is 0.0478. The monoisotopic (exact) mass is 244 g/mol. The van der Waals surface area contributed by atoms with Gasteiger partial charge in [0.05, 0.1) is 13.7 Å². The summed E-state index contributed by atoms with van der Waals surface area (Å²) in [4.78, 5) is 11.6. The van der Waals surface area contributed by atoms with Crippen LogP contribution in [0.15, 0.2) is 18.2 Å². The van der Waals surface area contributed by atoms with Crippen molar-refractivity contribution in [2.24, 2.45) is 0 Å². The van der Waals surface area contributed by atoms with E-state index in [1.54, 1.807) is 12.1 Å². The van der Waals surface area contributed by atoms with Crippen LogP contribution in [0.3, 0.4) is 0 Å². The van der Waals surface area contributed by atoms with Gasteiger partial charge in [-0.3, -0.25) is 0 Å². The van der Waals surface area contributed by atoms with Gasteiger partial charge in [0.15, 0.2) is 0 Å². The third kappa shape index (κ3) is 3.40. The van der Waals surface area contributed by atoms with Crippen molar-refractivity contribution in [1.29, 1.82) is 0 Å². The van der Waals surface area contributed by atoms with Crippen LogP contribution in [-0.2, 0) is 4.74 Å². The first-order valence-electron chi connectivity index (χ1n) is 4.80. The normalized spacial score (nSPS) is 9.94. The molecule has 0 aliphatic heterocycles. The minimum atomic E-state index is -0.507. The average Bonchev–Trinajstić information content (AvgIpc) is 2.29. The SMILES string of the molecule is COc1ccc(Cl)cc1C(=O)OCCCO. The summed E-state index contributed by atoms with van der Waals surface area (Å²) in [6.45, 7) is 0.158. The van der Waals surface area contributed by atoms with Crippen LogP contribution in [0.5, 0.6) is 5.75 Å². The van der Waals surface area contributed by atoms with Crippen LogP contribution in [0, 0.1) is 0 Å². The fourth-order valence-corrected chi connectivity index (χ4v) is 1.32. The summed E-state index contributed by atoms with van der Waals surface area (Å²) >= 11 is 5.78. The average molecular weight is 245 g/mol. The second-order valence-corrected chi connectivity index (χ2v) is 3.49. The van der Waals surface area contributed by atoms with Crippen molar-refractivity contribution in [3.05, 3.63) is 28.8 Å². The molecule has 0 unspecified atom stereocenters. The number of hydrogen-bond acceptors (Lipinski definition) is 4. The molecule has 0 spiro atoms. The molecule has 0 aliphatic carbocycles. The summed E-state index contributed by atoms with van der Waals surface area (Å²) in [5, 5.41) is 9.00. The number of halogens is 1. The maximum Gasteiger partial charge on any atom is 0.341 e. The van der Waals surface area contributed by atoms with Gasteiger partial charge in [-0.2, -0.15) is 0 Å². The summed E-state index contributed by atoms with van der Waals surface area (Å²) in [5.41, 5.74) is 0.285. The molecule has 0 radical (unpaired) electrons. The first kappa shape index (κ1) is 12.8. The number of esters is 1. The highest BCUT2D eigenvalue weighted by molar-refractivity contribution is 6.31. The lowest BCUT2D eigenvalue weighted by atomic mass is 10.2. The van der Waals surface area contributed by atoms with Crippen molar-refractivity contribution in [3.63, 3.8) is 0 Å². The number of aliphatic hydroxyl groups excluding tert-OH is 1. The molecular weight excluding hydrogens is 232 g/mol. The highest BCUT2D eigenvalue weighted by Gasteiger charge is 2.13. The van der Waals surface area contributed by atoms with Crippen LogP contribution < -0.4 is 4.74 Å². The summed E-state index contributed by atoms with van der Waals surface area (Å²) in [7, 11) is 1.47. The molecule has 0 atom stereocenters. The van der Waals surface area contributed by atoms with Gasteiger partial charge in [-0.15, -0.1) is 0 Å². The molecule has 5 heteroatoms. The Morgan fingerprint density at radius 1 is 1.50 bits per heavy atom. The maximum absolute atomic E-state index is 11.6. The number of methoxy groups -OCH3 is 1. The van der Waals surface area contributed by atoms with Crippen LogP contribution in [0.2, 0.25) is 5.02 Å². The second-order valence-electron chi connectivity index (χ2n) is 3.06. The number of aliphatic hydroxyl groups is 1. The topological polar surface area (TPSA) is 55.8 Å². The Kier molecular flexibility index (Phi) is 5.08. The number of carbonyl (C=O) groups is 1. The third-order valence-electron chi connectivity index (χ3n) is 1.92. The van der Waals surface area contributed by atoms with Gasteiger partial charge in [0, 0.05) is 18.1 Å². The van der Waals surface area contributed by atoms with Crippen molar-refractivity contribution in [2.45, 2.75) is 6.42 Å². The zero-order valence-electron chi connectivity index (χ0n) is 8.90. The largest absolute Gasteiger partial charge is 0.496 e. The van der Waals surface area contributed by atoms with Crippen LogP contribution in [0.25, 0.3) is 0 Å². The van der Waals surface area contributed by atoms with Gasteiger partial charge in [0.25, 0.3) is 0 Å². The van der Waals surface area contributed by atoms with E-state index in [4.69, 9.17) is 26.2 Å². The molecule has 88 valence electrons. The Labute approximate surface area is 98.7 Å². The van der Waals surface area contributed by atoms with Crippen LogP contribution in [0.1, 0.15) is 16.8 Å². The number of carbonyl (C=O) groups excluding carboxylic acids is 1. The van der Waals surface area contributed by atoms with Crippen molar-refractivity contribution < 1.29 is 19.4 Å². The molecule has 0 amide bonds.